The van der Waals surface area contributed by atoms with Crippen LogP contribution in [0.3, 0.4) is 0 Å². The van der Waals surface area contributed by atoms with Gasteiger partial charge in [-0.15, -0.1) is 0 Å². The number of benzene rings is 2. The standard InChI is InChI=1S/C34H38N4O4/c39-32(23-6-2-1-3-7-23)31-14-13-26(37(31)34(41)42)20-22-9-11-24(12-10-22)33(40)38-29-17-18-30(38)28-16-15-27(29)36(28)21-25-8-4-5-19-35-25/h1-12,19,26-32,39H,13-18,20-21H2,(H,41,42)/t26-,27?,28?,29?,30?,31+,32+/m0/s1. The monoisotopic (exact) mass is 566 g/mol. The second-order valence-corrected chi connectivity index (χ2v) is 12.4. The van der Waals surface area contributed by atoms with E-state index in [1.54, 1.807) is 0 Å². The maximum Gasteiger partial charge on any atom is 0.407 e. The second kappa shape index (κ2) is 11.2. The Labute approximate surface area is 246 Å². The van der Waals surface area contributed by atoms with Crippen LogP contribution in [0.5, 0.6) is 0 Å². The highest BCUT2D eigenvalue weighted by atomic mass is 16.4. The summed E-state index contributed by atoms with van der Waals surface area (Å²) in [5.41, 5.74) is 3.53. The number of carbonyl (C=O) groups excluding carboxylic acids is 1. The van der Waals surface area contributed by atoms with Gasteiger partial charge in [0.1, 0.15) is 0 Å². The molecule has 3 aromatic rings. The van der Waals surface area contributed by atoms with Crippen molar-refractivity contribution in [2.75, 3.05) is 0 Å². The van der Waals surface area contributed by atoms with Crippen LogP contribution in [0.4, 0.5) is 4.79 Å². The van der Waals surface area contributed by atoms with E-state index >= 15 is 0 Å². The topological polar surface area (TPSA) is 97.2 Å². The van der Waals surface area contributed by atoms with Gasteiger partial charge in [-0.1, -0.05) is 48.5 Å². The third kappa shape index (κ3) is 4.76. The summed E-state index contributed by atoms with van der Waals surface area (Å²) in [6.07, 6.45) is 6.21. The Bertz CT molecular complexity index is 1400. The minimum absolute atomic E-state index is 0.113. The number of rotatable bonds is 7. The first-order valence-electron chi connectivity index (χ1n) is 15.3. The van der Waals surface area contributed by atoms with E-state index in [-0.39, 0.29) is 24.0 Å². The van der Waals surface area contributed by atoms with Crippen molar-refractivity contribution in [1.29, 1.82) is 0 Å². The number of nitrogens with zero attached hydrogens (tertiary/aromatic N) is 4. The summed E-state index contributed by atoms with van der Waals surface area (Å²) in [4.78, 5) is 36.9. The smallest absolute Gasteiger partial charge is 0.407 e. The molecule has 0 saturated carbocycles. The predicted octanol–water partition coefficient (Wildman–Crippen LogP) is 4.89. The van der Waals surface area contributed by atoms with Crippen molar-refractivity contribution in [2.45, 2.75) is 93.8 Å². The van der Waals surface area contributed by atoms with Crippen molar-refractivity contribution in [3.05, 3.63) is 101 Å². The third-order valence-corrected chi connectivity index (χ3v) is 10.2. The van der Waals surface area contributed by atoms with Gasteiger partial charge in [0.25, 0.3) is 5.91 Å². The Morgan fingerprint density at radius 1 is 0.786 bits per heavy atom. The molecular formula is C34H38N4O4. The van der Waals surface area contributed by atoms with Crippen LogP contribution >= 0.6 is 0 Å². The maximum absolute atomic E-state index is 13.9. The van der Waals surface area contributed by atoms with E-state index < -0.39 is 18.2 Å². The Balaban J connectivity index is 1.03. The van der Waals surface area contributed by atoms with Crippen LogP contribution in [0.2, 0.25) is 0 Å². The average Bonchev–Trinajstić information content (AvgIpc) is 3.69. The van der Waals surface area contributed by atoms with Crippen molar-refractivity contribution in [2.24, 2.45) is 0 Å². The zero-order chi connectivity index (χ0) is 28.8. The maximum atomic E-state index is 13.9. The molecule has 2 N–H and O–H groups in total. The van der Waals surface area contributed by atoms with E-state index in [0.717, 1.165) is 49.0 Å². The molecule has 2 aromatic carbocycles. The number of likely N-dealkylation sites (tertiary alicyclic amines) is 1. The summed E-state index contributed by atoms with van der Waals surface area (Å²) in [6, 6.07) is 23.7. The van der Waals surface area contributed by atoms with Gasteiger partial charge >= 0.3 is 6.09 Å². The molecule has 4 aliphatic heterocycles. The number of pyridine rings is 1. The third-order valence-electron chi connectivity index (χ3n) is 10.2. The molecule has 7 atom stereocenters. The summed E-state index contributed by atoms with van der Waals surface area (Å²) in [5.74, 6) is 0.113. The molecule has 8 nitrogen and oxygen atoms in total. The largest absolute Gasteiger partial charge is 0.465 e. The highest BCUT2D eigenvalue weighted by Gasteiger charge is 2.56. The fourth-order valence-electron chi connectivity index (χ4n) is 8.38. The van der Waals surface area contributed by atoms with Gasteiger partial charge < -0.3 is 15.1 Å². The number of piperazine rings is 1. The Hall–Kier alpha value is -3.75. The van der Waals surface area contributed by atoms with Crippen molar-refractivity contribution in [3.8, 4) is 0 Å². The molecule has 42 heavy (non-hydrogen) atoms. The van der Waals surface area contributed by atoms with Crippen molar-refractivity contribution >= 4 is 12.0 Å². The fraction of sp³-hybridized carbons (Fsp3) is 0.441. The first-order chi connectivity index (χ1) is 20.5. The van der Waals surface area contributed by atoms with E-state index in [4.69, 9.17) is 0 Å². The number of aliphatic hydroxyl groups excluding tert-OH is 1. The summed E-state index contributed by atoms with van der Waals surface area (Å²) < 4.78 is 0. The van der Waals surface area contributed by atoms with Crippen LogP contribution < -0.4 is 0 Å². The van der Waals surface area contributed by atoms with Crippen LogP contribution in [0.15, 0.2) is 79.0 Å². The van der Waals surface area contributed by atoms with Crippen LogP contribution in [0, 0.1) is 0 Å². The number of hydrogen-bond acceptors (Lipinski definition) is 5. The molecule has 0 spiro atoms. The van der Waals surface area contributed by atoms with Crippen LogP contribution in [-0.2, 0) is 13.0 Å². The number of fused-ring (bicyclic) bond motifs is 6. The van der Waals surface area contributed by atoms with Gasteiger partial charge in [-0.05, 0) is 80.3 Å². The van der Waals surface area contributed by atoms with Gasteiger partial charge in [-0.2, -0.15) is 0 Å². The Morgan fingerprint density at radius 3 is 2.10 bits per heavy atom. The van der Waals surface area contributed by atoms with Gasteiger partial charge in [0.15, 0.2) is 0 Å². The first kappa shape index (κ1) is 27.1. The van der Waals surface area contributed by atoms with Gasteiger partial charge in [0.05, 0.1) is 17.8 Å². The molecule has 8 heteroatoms. The van der Waals surface area contributed by atoms with Crippen LogP contribution in [0.1, 0.15) is 71.8 Å². The number of amides is 2. The van der Waals surface area contributed by atoms with E-state index in [1.165, 1.54) is 4.90 Å². The number of aromatic nitrogens is 1. The molecule has 0 aliphatic carbocycles. The molecular weight excluding hydrogens is 528 g/mol. The summed E-state index contributed by atoms with van der Waals surface area (Å²) >= 11 is 0. The zero-order valence-corrected chi connectivity index (χ0v) is 23.7. The van der Waals surface area contributed by atoms with Crippen LogP contribution in [0.25, 0.3) is 0 Å². The van der Waals surface area contributed by atoms with Crippen molar-refractivity contribution in [1.82, 2.24) is 19.7 Å². The number of aliphatic hydroxyl groups is 1. The molecule has 5 heterocycles. The minimum atomic E-state index is -1.00. The summed E-state index contributed by atoms with van der Waals surface area (Å²) in [7, 11) is 0. The quantitative estimate of drug-likeness (QED) is 0.423. The van der Waals surface area contributed by atoms with Gasteiger partial charge in [-0.25, -0.2) is 4.79 Å². The number of carboxylic acid groups (broad SMARTS) is 1. The molecule has 4 unspecified atom stereocenters. The molecule has 4 aliphatic rings. The molecule has 218 valence electrons. The highest BCUT2D eigenvalue weighted by Crippen LogP contribution is 2.47. The van der Waals surface area contributed by atoms with Crippen molar-refractivity contribution < 1.29 is 19.8 Å². The molecule has 7 rings (SSSR count). The zero-order valence-electron chi connectivity index (χ0n) is 23.7. The van der Waals surface area contributed by atoms with E-state index in [9.17, 15) is 19.8 Å². The molecule has 4 fully saturated rings. The lowest BCUT2D eigenvalue weighted by Crippen LogP contribution is -2.61. The Kier molecular flexibility index (Phi) is 7.20. The molecule has 2 amide bonds. The van der Waals surface area contributed by atoms with Gasteiger partial charge in [0, 0.05) is 48.5 Å². The summed E-state index contributed by atoms with van der Waals surface area (Å²) in [5, 5.41) is 21.0. The minimum Gasteiger partial charge on any atom is -0.465 e. The number of carbonyl (C=O) groups is 2. The normalized spacial score (nSPS) is 29.2. The first-order valence-corrected chi connectivity index (χ1v) is 15.3. The lowest BCUT2D eigenvalue weighted by molar-refractivity contribution is 0.00621. The Morgan fingerprint density at radius 2 is 1.45 bits per heavy atom. The highest BCUT2D eigenvalue weighted by molar-refractivity contribution is 5.95. The van der Waals surface area contributed by atoms with Gasteiger partial charge in [0.2, 0.25) is 0 Å². The molecule has 1 aromatic heterocycles. The predicted molar refractivity (Wildman–Crippen MR) is 158 cm³/mol. The van der Waals surface area contributed by atoms with E-state index in [2.05, 4.69) is 20.9 Å². The lowest BCUT2D eigenvalue weighted by Gasteiger charge is -2.46. The van der Waals surface area contributed by atoms with Gasteiger partial charge in [-0.3, -0.25) is 19.6 Å². The summed E-state index contributed by atoms with van der Waals surface area (Å²) in [6.45, 7) is 0.845. The molecule has 0 radical (unpaired) electrons. The number of hydrogen-bond donors (Lipinski definition) is 2. The average molecular weight is 567 g/mol. The fourth-order valence-corrected chi connectivity index (χ4v) is 8.38. The van der Waals surface area contributed by atoms with Crippen LogP contribution in [-0.4, -0.2) is 78.1 Å². The molecule has 4 bridgehead atoms. The van der Waals surface area contributed by atoms with E-state index in [0.29, 0.717) is 36.9 Å². The lowest BCUT2D eigenvalue weighted by atomic mass is 10.00. The molecule has 4 saturated heterocycles. The SMILES string of the molecule is O=C(c1ccc(C[C@@H]2CC[C@H]([C@H](O)c3ccccc3)N2C(=O)O)cc1)N1C2CCC1C1CCC2N1Cc1ccccn1. The second-order valence-electron chi connectivity index (χ2n) is 12.4. The van der Waals surface area contributed by atoms with E-state index in [1.807, 2.05) is 72.9 Å². The van der Waals surface area contributed by atoms with Crippen molar-refractivity contribution in [3.63, 3.8) is 0 Å².